The van der Waals surface area contributed by atoms with Gasteiger partial charge in [0.25, 0.3) is 0 Å². The van der Waals surface area contributed by atoms with Gasteiger partial charge in [-0.3, -0.25) is 0 Å². The van der Waals surface area contributed by atoms with Crippen molar-refractivity contribution in [2.45, 2.75) is 0 Å². The van der Waals surface area contributed by atoms with Crippen LogP contribution < -0.4 is 0 Å². The van der Waals surface area contributed by atoms with Crippen molar-refractivity contribution in [1.29, 1.82) is 0 Å². The van der Waals surface area contributed by atoms with Gasteiger partial charge in [-0.1, -0.05) is 13.2 Å². The fraction of sp³-hybridized carbons (Fsp3) is 0.692. The van der Waals surface area contributed by atoms with E-state index in [0.717, 1.165) is 0 Å². The van der Waals surface area contributed by atoms with Crippen LogP contribution in [0.25, 0.3) is 0 Å². The Morgan fingerprint density at radius 2 is 1.39 bits per heavy atom. The van der Waals surface area contributed by atoms with Crippen LogP contribution in [0.1, 0.15) is 0 Å². The molecule has 1 aliphatic rings. The summed E-state index contributed by atoms with van der Waals surface area (Å²) >= 11 is 0. The smallest absolute Gasteiger partial charge is 0.111 e. The van der Waals surface area contributed by atoms with E-state index in [9.17, 15) is 0 Å². The average molecular weight is 258 g/mol. The van der Waals surface area contributed by atoms with Crippen LogP contribution >= 0.6 is 0 Å². The molecule has 0 saturated carbocycles. The van der Waals surface area contributed by atoms with Crippen molar-refractivity contribution >= 4 is 0 Å². The van der Waals surface area contributed by atoms with Crippen LogP contribution in [-0.4, -0.2) is 52.9 Å². The van der Waals surface area contributed by atoms with Crippen LogP contribution in [0.3, 0.4) is 0 Å². The van der Waals surface area contributed by atoms with Crippen LogP contribution in [0.2, 0.25) is 0 Å². The zero-order valence-corrected chi connectivity index (χ0v) is 10.8. The first-order valence-corrected chi connectivity index (χ1v) is 6.01. The predicted octanol–water partition coefficient (Wildman–Crippen LogP) is 1.36. The van der Waals surface area contributed by atoms with E-state index in [-0.39, 0.29) is 5.41 Å². The molecule has 1 saturated heterocycles. The summed E-state index contributed by atoms with van der Waals surface area (Å²) in [5.74, 6) is 0. The largest absolute Gasteiger partial charge is 0.499 e. The standard InChI is InChI=1S/C13H22O5/c1-3-14-5-7-16-9-13(11-18-12-13)10-17-8-6-15-4-2/h3-4H,1-2,5-12H2. The van der Waals surface area contributed by atoms with E-state index in [2.05, 4.69) is 13.2 Å². The van der Waals surface area contributed by atoms with E-state index in [4.69, 9.17) is 23.7 Å². The lowest BCUT2D eigenvalue weighted by Crippen LogP contribution is -2.50. The molecule has 1 rings (SSSR count). The maximum Gasteiger partial charge on any atom is 0.111 e. The van der Waals surface area contributed by atoms with Crippen molar-refractivity contribution in [3.05, 3.63) is 25.7 Å². The molecule has 0 unspecified atom stereocenters. The summed E-state index contributed by atoms with van der Waals surface area (Å²) in [6.07, 6.45) is 2.82. The molecule has 0 radical (unpaired) electrons. The van der Waals surface area contributed by atoms with E-state index in [0.29, 0.717) is 52.9 Å². The maximum absolute atomic E-state index is 5.54. The van der Waals surface area contributed by atoms with Crippen LogP contribution in [0, 0.1) is 5.41 Å². The first-order chi connectivity index (χ1) is 8.83. The van der Waals surface area contributed by atoms with E-state index in [1.165, 1.54) is 12.5 Å². The summed E-state index contributed by atoms with van der Waals surface area (Å²) in [5, 5.41) is 0. The van der Waals surface area contributed by atoms with Gasteiger partial charge in [-0.15, -0.1) is 0 Å². The Labute approximate surface area is 108 Å². The molecular formula is C13H22O5. The van der Waals surface area contributed by atoms with Gasteiger partial charge in [0, 0.05) is 0 Å². The fourth-order valence-corrected chi connectivity index (χ4v) is 1.56. The Morgan fingerprint density at radius 1 is 0.889 bits per heavy atom. The lowest BCUT2D eigenvalue weighted by atomic mass is 9.88. The van der Waals surface area contributed by atoms with Crippen molar-refractivity contribution in [2.24, 2.45) is 5.41 Å². The molecule has 5 heteroatoms. The number of rotatable bonds is 12. The highest BCUT2D eigenvalue weighted by Gasteiger charge is 2.39. The second-order valence-electron chi connectivity index (χ2n) is 4.17. The normalized spacial score (nSPS) is 16.7. The Bertz CT molecular complexity index is 218. The predicted molar refractivity (Wildman–Crippen MR) is 67.2 cm³/mol. The van der Waals surface area contributed by atoms with Crippen LogP contribution in [0.15, 0.2) is 25.7 Å². The minimum Gasteiger partial charge on any atom is -0.499 e. The molecule has 0 N–H and O–H groups in total. The molecule has 0 amide bonds. The molecule has 0 spiro atoms. The van der Waals surface area contributed by atoms with Crippen LogP contribution in [0.4, 0.5) is 0 Å². The van der Waals surface area contributed by atoms with Crippen LogP contribution in [-0.2, 0) is 23.7 Å². The average Bonchev–Trinajstić information content (AvgIpc) is 2.34. The van der Waals surface area contributed by atoms with E-state index >= 15 is 0 Å². The van der Waals surface area contributed by atoms with E-state index in [1.807, 2.05) is 0 Å². The van der Waals surface area contributed by atoms with Gasteiger partial charge in [-0.2, -0.15) is 0 Å². The maximum atomic E-state index is 5.54. The second-order valence-corrected chi connectivity index (χ2v) is 4.17. The van der Waals surface area contributed by atoms with Crippen molar-refractivity contribution in [1.82, 2.24) is 0 Å². The van der Waals surface area contributed by atoms with Gasteiger partial charge in [0.1, 0.15) is 13.2 Å². The minimum atomic E-state index is -0.0115. The van der Waals surface area contributed by atoms with Gasteiger partial charge in [-0.25, -0.2) is 0 Å². The highest BCUT2D eigenvalue weighted by Crippen LogP contribution is 2.28. The first kappa shape index (κ1) is 15.0. The van der Waals surface area contributed by atoms with Gasteiger partial charge in [0.2, 0.25) is 0 Å². The molecule has 1 heterocycles. The zero-order chi connectivity index (χ0) is 13.1. The molecule has 0 aromatic carbocycles. The van der Waals surface area contributed by atoms with Gasteiger partial charge < -0.3 is 23.7 Å². The van der Waals surface area contributed by atoms with Crippen molar-refractivity contribution in [3.63, 3.8) is 0 Å². The van der Waals surface area contributed by atoms with Crippen molar-refractivity contribution < 1.29 is 23.7 Å². The molecule has 5 nitrogen and oxygen atoms in total. The van der Waals surface area contributed by atoms with Gasteiger partial charge >= 0.3 is 0 Å². The molecule has 18 heavy (non-hydrogen) atoms. The summed E-state index contributed by atoms with van der Waals surface area (Å²) in [6.45, 7) is 11.7. The third kappa shape index (κ3) is 5.53. The zero-order valence-electron chi connectivity index (χ0n) is 10.8. The SMILES string of the molecule is C=COCCOCC1(COCCOC=C)COC1. The Balaban J connectivity index is 2.05. The Morgan fingerprint density at radius 3 is 1.72 bits per heavy atom. The molecule has 0 aromatic heterocycles. The summed E-state index contributed by atoms with van der Waals surface area (Å²) < 4.78 is 26.3. The third-order valence-corrected chi connectivity index (χ3v) is 2.56. The van der Waals surface area contributed by atoms with E-state index in [1.54, 1.807) is 0 Å². The lowest BCUT2D eigenvalue weighted by Gasteiger charge is -2.40. The summed E-state index contributed by atoms with van der Waals surface area (Å²) in [4.78, 5) is 0. The molecule has 0 atom stereocenters. The monoisotopic (exact) mass is 258 g/mol. The van der Waals surface area contributed by atoms with Gasteiger partial charge in [0.15, 0.2) is 0 Å². The van der Waals surface area contributed by atoms with Crippen LogP contribution in [0.5, 0.6) is 0 Å². The fourth-order valence-electron chi connectivity index (χ4n) is 1.56. The van der Waals surface area contributed by atoms with E-state index < -0.39 is 0 Å². The topological polar surface area (TPSA) is 46.2 Å². The summed E-state index contributed by atoms with van der Waals surface area (Å²) in [7, 11) is 0. The Hall–Kier alpha value is -1.04. The number of hydrogen-bond donors (Lipinski definition) is 0. The van der Waals surface area contributed by atoms with Gasteiger partial charge in [-0.05, 0) is 0 Å². The molecule has 0 aromatic rings. The van der Waals surface area contributed by atoms with Gasteiger partial charge in [0.05, 0.1) is 57.6 Å². The number of ether oxygens (including phenoxy) is 5. The highest BCUT2D eigenvalue weighted by molar-refractivity contribution is 4.85. The second kappa shape index (κ2) is 8.97. The molecule has 104 valence electrons. The quantitative estimate of drug-likeness (QED) is 0.391. The number of hydrogen-bond acceptors (Lipinski definition) is 5. The molecule has 0 bridgehead atoms. The summed E-state index contributed by atoms with van der Waals surface area (Å²) in [5.41, 5.74) is -0.0115. The lowest BCUT2D eigenvalue weighted by molar-refractivity contribution is -0.180. The molecular weight excluding hydrogens is 236 g/mol. The minimum absolute atomic E-state index is 0.0115. The molecule has 1 aliphatic heterocycles. The Kier molecular flexibility index (Phi) is 7.48. The molecule has 0 aliphatic carbocycles. The molecule has 1 fully saturated rings. The summed E-state index contributed by atoms with van der Waals surface area (Å²) in [6, 6.07) is 0. The van der Waals surface area contributed by atoms with Crippen molar-refractivity contribution in [2.75, 3.05) is 52.9 Å². The third-order valence-electron chi connectivity index (χ3n) is 2.56. The van der Waals surface area contributed by atoms with Crippen molar-refractivity contribution in [3.8, 4) is 0 Å². The first-order valence-electron chi connectivity index (χ1n) is 6.01. The highest BCUT2D eigenvalue weighted by atomic mass is 16.5.